The molecule has 21 heteroatoms. The Morgan fingerprint density at radius 2 is 1.16 bits per heavy atom. The lowest BCUT2D eigenvalue weighted by molar-refractivity contribution is -0.136. The maximum Gasteiger partial charge on any atom is 0.410 e. The Labute approximate surface area is 345 Å². The zero-order valence-corrected chi connectivity index (χ0v) is 34.6. The molecule has 4 fully saturated rings. The molecule has 0 radical (unpaired) electrons. The zero-order chi connectivity index (χ0) is 42.1. The minimum Gasteiger partial charge on any atom is -0.444 e. The molecule has 2 aromatic heterocycles. The number of H-pyrrole nitrogens is 1. The Bertz CT molecular complexity index is 1910. The average molecular weight is 880 g/mol. The summed E-state index contributed by atoms with van der Waals surface area (Å²) in [6.45, 7) is 15.5. The fourth-order valence-corrected chi connectivity index (χ4v) is 6.23. The molecule has 0 spiro atoms. The molecule has 0 bridgehead atoms. The number of anilines is 2. The van der Waals surface area contributed by atoms with E-state index < -0.39 is 28.7 Å². The molecule has 4 saturated heterocycles. The summed E-state index contributed by atoms with van der Waals surface area (Å²) in [5.41, 5.74) is -0.239. The van der Waals surface area contributed by atoms with Crippen LogP contribution in [0.4, 0.5) is 21.0 Å². The second kappa shape index (κ2) is 20.4. The Kier molecular flexibility index (Phi) is 16.5. The maximum absolute atomic E-state index is 12.5. The molecule has 6 amide bonds. The summed E-state index contributed by atoms with van der Waals surface area (Å²) in [5.74, 6) is -1.24. The van der Waals surface area contributed by atoms with Crippen molar-refractivity contribution in [3.8, 4) is 0 Å². The van der Waals surface area contributed by atoms with Crippen molar-refractivity contribution in [3.63, 3.8) is 0 Å². The molecule has 2 atom stereocenters. The van der Waals surface area contributed by atoms with Crippen LogP contribution in [-0.4, -0.2) is 134 Å². The summed E-state index contributed by atoms with van der Waals surface area (Å²) >= 11 is 3.12. The van der Waals surface area contributed by atoms with Gasteiger partial charge in [-0.2, -0.15) is 10.2 Å². The van der Waals surface area contributed by atoms with Crippen molar-refractivity contribution in [2.75, 3.05) is 62.2 Å². The number of carbonyl (C=O) groups excluding carboxylic acids is 6. The van der Waals surface area contributed by atoms with Gasteiger partial charge in [0.05, 0.1) is 28.6 Å². The molecule has 6 rings (SSSR count). The maximum atomic E-state index is 12.5. The number of piperazine rings is 2. The third-order valence-electron chi connectivity index (χ3n) is 8.73. The van der Waals surface area contributed by atoms with Gasteiger partial charge in [-0.1, -0.05) is 23.4 Å². The van der Waals surface area contributed by atoms with E-state index in [1.807, 2.05) is 51.3 Å². The second-order valence-electron chi connectivity index (χ2n) is 15.6. The summed E-state index contributed by atoms with van der Waals surface area (Å²) < 4.78 is 11.8. The molecule has 58 heavy (non-hydrogen) atoms. The van der Waals surface area contributed by atoms with Gasteiger partial charge in [0, 0.05) is 77.3 Å². The molecule has 2 unspecified atom stereocenters. The minimum atomic E-state index is -0.775. The topological polar surface area (TPSA) is 239 Å². The quantitative estimate of drug-likeness (QED) is 0.295. The summed E-state index contributed by atoms with van der Waals surface area (Å²) in [6, 6.07) is 2.17. The molecule has 20 nitrogen and oxygen atoms in total. The summed E-state index contributed by atoms with van der Waals surface area (Å²) in [6.07, 6.45) is 4.01. The Morgan fingerprint density at radius 1 is 0.690 bits per heavy atom. The molecule has 4 aliphatic heterocycles. The SMILES string of the molecule is C.CC(C)(C)OC(=O)N1CCN(c2cn[nH]c(=O)c2)CC1.CC(C)(C)OC(=O)N1CCN(c2cnn(C3CCC(=O)NC3=O)c(=O)c2)CC1.O=C1CCC(Br)C(=O)N1. The number of imide groups is 2. The highest BCUT2D eigenvalue weighted by molar-refractivity contribution is 9.10. The highest BCUT2D eigenvalue weighted by Gasteiger charge is 2.31. The van der Waals surface area contributed by atoms with Crippen molar-refractivity contribution < 1.29 is 38.2 Å². The van der Waals surface area contributed by atoms with E-state index in [2.05, 4.69) is 41.9 Å². The van der Waals surface area contributed by atoms with E-state index in [1.165, 1.54) is 18.3 Å². The van der Waals surface area contributed by atoms with Gasteiger partial charge in [0.2, 0.25) is 17.7 Å². The number of alkyl halides is 1. The van der Waals surface area contributed by atoms with E-state index in [4.69, 9.17) is 9.47 Å². The molecule has 6 heterocycles. The van der Waals surface area contributed by atoms with E-state index in [1.54, 1.807) is 16.0 Å². The number of amides is 6. The van der Waals surface area contributed by atoms with Gasteiger partial charge in [0.25, 0.3) is 17.0 Å². The van der Waals surface area contributed by atoms with Crippen molar-refractivity contribution in [1.29, 1.82) is 0 Å². The first-order valence-electron chi connectivity index (χ1n) is 18.6. The van der Waals surface area contributed by atoms with Crippen molar-refractivity contribution in [1.82, 2.24) is 40.4 Å². The van der Waals surface area contributed by atoms with Gasteiger partial charge < -0.3 is 29.1 Å². The Balaban J connectivity index is 0.000000260. The molecular weight excluding hydrogens is 824 g/mol. The number of ether oxygens (including phenoxy) is 2. The zero-order valence-electron chi connectivity index (χ0n) is 33.0. The molecule has 0 saturated carbocycles. The first kappa shape index (κ1) is 47.0. The summed E-state index contributed by atoms with van der Waals surface area (Å²) in [4.78, 5) is 99.2. The van der Waals surface area contributed by atoms with E-state index in [9.17, 15) is 38.4 Å². The molecule has 4 aliphatic rings. The fraction of sp³-hybridized carbons (Fsp3) is 0.622. The van der Waals surface area contributed by atoms with E-state index >= 15 is 0 Å². The van der Waals surface area contributed by atoms with Gasteiger partial charge in [0.1, 0.15) is 17.2 Å². The van der Waals surface area contributed by atoms with E-state index in [0.717, 1.165) is 10.4 Å². The van der Waals surface area contributed by atoms with Crippen LogP contribution < -0.4 is 31.6 Å². The van der Waals surface area contributed by atoms with E-state index in [-0.39, 0.29) is 60.6 Å². The average Bonchev–Trinajstić information content (AvgIpc) is 3.13. The lowest BCUT2D eigenvalue weighted by Crippen LogP contribution is -2.50. The predicted molar refractivity (Wildman–Crippen MR) is 217 cm³/mol. The third kappa shape index (κ3) is 14.2. The van der Waals surface area contributed by atoms with Crippen LogP contribution in [0.15, 0.2) is 34.1 Å². The lowest BCUT2D eigenvalue weighted by Gasteiger charge is -2.36. The molecule has 2 aromatic rings. The number of aromatic nitrogens is 4. The van der Waals surface area contributed by atoms with Crippen LogP contribution >= 0.6 is 15.9 Å². The van der Waals surface area contributed by atoms with Gasteiger partial charge in [0.15, 0.2) is 0 Å². The first-order valence-corrected chi connectivity index (χ1v) is 19.5. The number of hydrogen-bond acceptors (Lipinski definition) is 14. The smallest absolute Gasteiger partial charge is 0.410 e. The van der Waals surface area contributed by atoms with Gasteiger partial charge in [-0.25, -0.2) is 19.4 Å². The normalized spacial score (nSPS) is 19.9. The van der Waals surface area contributed by atoms with Crippen LogP contribution in [-0.2, 0) is 28.7 Å². The monoisotopic (exact) mass is 878 g/mol. The highest BCUT2D eigenvalue weighted by atomic mass is 79.9. The number of halogens is 1. The number of piperidine rings is 2. The van der Waals surface area contributed by atoms with Gasteiger partial charge in [-0.05, 0) is 54.4 Å². The van der Waals surface area contributed by atoms with Crippen molar-refractivity contribution in [2.45, 2.75) is 96.7 Å². The number of aromatic amines is 1. The van der Waals surface area contributed by atoms with Crippen LogP contribution in [0.5, 0.6) is 0 Å². The molecule has 0 aliphatic carbocycles. The fourth-order valence-electron chi connectivity index (χ4n) is 5.88. The number of carbonyl (C=O) groups is 6. The largest absolute Gasteiger partial charge is 0.444 e. The van der Waals surface area contributed by atoms with Crippen LogP contribution in [0.3, 0.4) is 0 Å². The Morgan fingerprint density at radius 3 is 1.57 bits per heavy atom. The van der Waals surface area contributed by atoms with Gasteiger partial charge in [-0.15, -0.1) is 0 Å². The number of hydrogen-bond donors (Lipinski definition) is 3. The highest BCUT2D eigenvalue weighted by Crippen LogP contribution is 2.20. The standard InChI is InChI=1S/C18H25N5O5.C13H20N4O3.C5H6BrNO2.CH4/c1-18(2,3)28-17(27)22-8-6-21(7-9-22)12-10-15(25)23(19-11-12)13-4-5-14(24)20-16(13)26;1-13(2,3)20-12(19)17-6-4-16(5-7-17)10-8-11(18)15-14-9-10;6-3-1-2-4(8)7-5(3)9;/h10-11,13H,4-9H2,1-3H3,(H,20,24,26);8-9H,4-7H2,1-3H3,(H,15,18);3H,1-2H2,(H,7,8,9);1H4. The van der Waals surface area contributed by atoms with E-state index in [0.29, 0.717) is 70.9 Å². The number of rotatable bonds is 3. The molecule has 320 valence electrons. The number of nitrogens with zero attached hydrogens (tertiary/aromatic N) is 7. The van der Waals surface area contributed by atoms with Gasteiger partial charge in [-0.3, -0.25) is 39.4 Å². The first-order chi connectivity index (χ1) is 26.7. The predicted octanol–water partition coefficient (Wildman–Crippen LogP) is 1.93. The third-order valence-corrected chi connectivity index (χ3v) is 9.61. The van der Waals surface area contributed by atoms with Gasteiger partial charge >= 0.3 is 12.2 Å². The Hall–Kier alpha value is -5.34. The van der Waals surface area contributed by atoms with Crippen molar-refractivity contribution in [3.05, 3.63) is 45.2 Å². The van der Waals surface area contributed by atoms with Crippen LogP contribution in [0.25, 0.3) is 0 Å². The van der Waals surface area contributed by atoms with Crippen LogP contribution in [0, 0.1) is 0 Å². The summed E-state index contributed by atoms with van der Waals surface area (Å²) in [5, 5.41) is 14.7. The lowest BCUT2D eigenvalue weighted by atomic mass is 10.1. The second-order valence-corrected chi connectivity index (χ2v) is 16.7. The minimum absolute atomic E-state index is 0. The van der Waals surface area contributed by atoms with Crippen molar-refractivity contribution in [2.24, 2.45) is 0 Å². The van der Waals surface area contributed by atoms with Crippen LogP contribution in [0.1, 0.15) is 80.7 Å². The molecule has 0 aromatic carbocycles. The summed E-state index contributed by atoms with van der Waals surface area (Å²) in [7, 11) is 0. The van der Waals surface area contributed by atoms with Crippen LogP contribution in [0.2, 0.25) is 0 Å². The molecule has 3 N–H and O–H groups in total. The number of nitrogens with one attached hydrogen (secondary N) is 3. The molecular formula is C37H55BrN10O10. The van der Waals surface area contributed by atoms with Crippen molar-refractivity contribution >= 4 is 63.1 Å².